The van der Waals surface area contributed by atoms with Crippen LogP contribution in [0, 0.1) is 87.3 Å². The molecule has 6 aliphatic carbocycles. The molecule has 6 fully saturated rings. The van der Waals surface area contributed by atoms with Crippen molar-refractivity contribution in [1.82, 2.24) is 0 Å². The summed E-state index contributed by atoms with van der Waals surface area (Å²) in [4.78, 5) is 0. The van der Waals surface area contributed by atoms with Crippen LogP contribution in [-0.2, 0) is 0 Å². The minimum Gasteiger partial charge on any atom is -0.0625 e. The van der Waals surface area contributed by atoms with Crippen LogP contribution in [0.1, 0.15) is 160 Å². The Morgan fingerprint density at radius 3 is 0.872 bits per heavy atom. The Morgan fingerprint density at radius 2 is 0.667 bits per heavy atom. The monoisotopic (exact) mass is 541 g/mol. The summed E-state index contributed by atoms with van der Waals surface area (Å²) < 4.78 is 0. The Kier molecular flexibility index (Phi) is 9.78. The van der Waals surface area contributed by atoms with Crippen LogP contribution in [0.5, 0.6) is 0 Å². The highest BCUT2D eigenvalue weighted by Gasteiger charge is 2.58. The molecule has 39 heavy (non-hydrogen) atoms. The van der Waals surface area contributed by atoms with Crippen molar-refractivity contribution in [2.45, 2.75) is 160 Å². The third-order valence-corrected chi connectivity index (χ3v) is 13.8. The van der Waals surface area contributed by atoms with Crippen LogP contribution < -0.4 is 0 Å². The second kappa shape index (κ2) is 11.9. The van der Waals surface area contributed by atoms with E-state index in [-0.39, 0.29) is 0 Å². The van der Waals surface area contributed by atoms with Crippen molar-refractivity contribution in [1.29, 1.82) is 0 Å². The number of hydrogen-bond donors (Lipinski definition) is 0. The van der Waals surface area contributed by atoms with Crippen LogP contribution in [0.15, 0.2) is 0 Å². The molecule has 0 heterocycles. The van der Waals surface area contributed by atoms with Crippen molar-refractivity contribution in [3.8, 4) is 0 Å². The van der Waals surface area contributed by atoms with E-state index in [1.807, 2.05) is 0 Å². The largest absolute Gasteiger partial charge is 0.0625 e. The van der Waals surface area contributed by atoms with Crippen LogP contribution in [0.2, 0.25) is 0 Å². The van der Waals surface area contributed by atoms with Gasteiger partial charge < -0.3 is 0 Å². The molecule has 3 spiro atoms. The summed E-state index contributed by atoms with van der Waals surface area (Å²) in [6, 6.07) is 0. The van der Waals surface area contributed by atoms with E-state index in [9.17, 15) is 0 Å². The number of hydrogen-bond acceptors (Lipinski definition) is 0. The third-order valence-electron chi connectivity index (χ3n) is 13.8. The SMILES string of the molecule is CC(C)C1CC2(CC2)CC1C(C)C.CC(C)C1CCC2(CC2)C1C(C)C.CC(C)C1CCC2(CC2)C1C(C)C. The molecule has 0 aromatic rings. The third kappa shape index (κ3) is 6.82. The van der Waals surface area contributed by atoms with Crippen LogP contribution >= 0.6 is 0 Å². The fourth-order valence-corrected chi connectivity index (χ4v) is 11.3. The van der Waals surface area contributed by atoms with Crippen molar-refractivity contribution < 1.29 is 0 Å². The Morgan fingerprint density at radius 1 is 0.359 bits per heavy atom. The standard InChI is InChI=1S/3C13H24/c1-9(2)11-7-13(5-6-13)8-12(11)10(3)4;2*1-9(2)11-5-6-13(7-8-13)12(11)10(3)4/h3*9-12H,5-8H2,1-4H3. The molecule has 0 aromatic heterocycles. The predicted octanol–water partition coefficient (Wildman–Crippen LogP) is 12.3. The first-order valence-corrected chi connectivity index (χ1v) is 18.2. The summed E-state index contributed by atoms with van der Waals surface area (Å²) >= 11 is 0. The molecule has 6 unspecified atom stereocenters. The lowest BCUT2D eigenvalue weighted by molar-refractivity contribution is 0.176. The molecule has 0 bridgehead atoms. The van der Waals surface area contributed by atoms with Gasteiger partial charge in [0.15, 0.2) is 0 Å². The molecule has 6 saturated carbocycles. The maximum atomic E-state index is 2.44. The molecule has 6 aliphatic rings. The average Bonchev–Trinajstić information content (AvgIpc) is 3.75. The zero-order valence-electron chi connectivity index (χ0n) is 28.9. The highest BCUT2D eigenvalue weighted by atomic mass is 14.6. The van der Waals surface area contributed by atoms with Crippen LogP contribution in [0.4, 0.5) is 0 Å². The second-order valence-electron chi connectivity index (χ2n) is 18.4. The number of rotatable bonds is 6. The van der Waals surface area contributed by atoms with Gasteiger partial charge in [0.1, 0.15) is 0 Å². The highest BCUT2D eigenvalue weighted by Crippen LogP contribution is 2.67. The molecule has 6 rings (SSSR count). The summed E-state index contributed by atoms with van der Waals surface area (Å²) in [6.45, 7) is 29.1. The smallest absolute Gasteiger partial charge is 0.0263 e. The van der Waals surface area contributed by atoms with E-state index < -0.39 is 0 Å². The fraction of sp³-hybridized carbons (Fsp3) is 1.00. The summed E-state index contributed by atoms with van der Waals surface area (Å²) in [6.07, 6.45) is 18.5. The van der Waals surface area contributed by atoms with Gasteiger partial charge in [-0.2, -0.15) is 0 Å². The van der Waals surface area contributed by atoms with Gasteiger partial charge in [-0.1, -0.05) is 83.1 Å². The molecule has 0 amide bonds. The van der Waals surface area contributed by atoms with Gasteiger partial charge in [0.05, 0.1) is 0 Å². The van der Waals surface area contributed by atoms with E-state index in [0.29, 0.717) is 0 Å². The van der Waals surface area contributed by atoms with Crippen molar-refractivity contribution in [3.05, 3.63) is 0 Å². The van der Waals surface area contributed by atoms with Crippen LogP contribution in [-0.4, -0.2) is 0 Å². The zero-order chi connectivity index (χ0) is 28.9. The van der Waals surface area contributed by atoms with E-state index >= 15 is 0 Å². The van der Waals surface area contributed by atoms with Gasteiger partial charge in [-0.15, -0.1) is 0 Å². The lowest BCUT2D eigenvalue weighted by Gasteiger charge is -2.31. The summed E-state index contributed by atoms with van der Waals surface area (Å²) in [5.74, 6) is 11.7. The summed E-state index contributed by atoms with van der Waals surface area (Å²) in [7, 11) is 0. The molecule has 228 valence electrons. The molecule has 0 aromatic carbocycles. The molecule has 0 nitrogen and oxygen atoms in total. The Labute approximate surface area is 247 Å². The van der Waals surface area contributed by atoms with Crippen molar-refractivity contribution in [2.24, 2.45) is 87.3 Å². The Hall–Kier alpha value is 0. The summed E-state index contributed by atoms with van der Waals surface area (Å²) in [5.41, 5.74) is 2.52. The molecule has 0 radical (unpaired) electrons. The van der Waals surface area contributed by atoms with E-state index in [0.717, 1.165) is 87.3 Å². The first-order valence-electron chi connectivity index (χ1n) is 18.2. The van der Waals surface area contributed by atoms with Gasteiger partial charge in [-0.05, 0) is 164 Å². The normalized spacial score (nSPS) is 36.5. The van der Waals surface area contributed by atoms with E-state index in [1.165, 1.54) is 12.8 Å². The van der Waals surface area contributed by atoms with E-state index in [2.05, 4.69) is 83.1 Å². The fourth-order valence-electron chi connectivity index (χ4n) is 11.3. The first kappa shape index (κ1) is 31.9. The van der Waals surface area contributed by atoms with Gasteiger partial charge in [-0.3, -0.25) is 0 Å². The maximum absolute atomic E-state index is 2.44. The van der Waals surface area contributed by atoms with Crippen LogP contribution in [0.3, 0.4) is 0 Å². The molecule has 0 aliphatic heterocycles. The lowest BCUT2D eigenvalue weighted by Crippen LogP contribution is -2.25. The quantitative estimate of drug-likeness (QED) is 0.314. The lowest BCUT2D eigenvalue weighted by atomic mass is 9.74. The van der Waals surface area contributed by atoms with Gasteiger partial charge in [-0.25, -0.2) is 0 Å². The highest BCUT2D eigenvalue weighted by molar-refractivity contribution is 5.08. The minimum atomic E-state index is 0.836. The van der Waals surface area contributed by atoms with Gasteiger partial charge in [0.2, 0.25) is 0 Å². The molecule has 0 saturated heterocycles. The van der Waals surface area contributed by atoms with Crippen molar-refractivity contribution >= 4 is 0 Å². The summed E-state index contributed by atoms with van der Waals surface area (Å²) in [5, 5.41) is 0. The molecular formula is C39H72. The minimum absolute atomic E-state index is 0.836. The zero-order valence-corrected chi connectivity index (χ0v) is 28.9. The Bertz CT molecular complexity index is 694. The molecule has 6 atom stereocenters. The molecular weight excluding hydrogens is 468 g/mol. The predicted molar refractivity (Wildman–Crippen MR) is 173 cm³/mol. The van der Waals surface area contributed by atoms with Gasteiger partial charge >= 0.3 is 0 Å². The van der Waals surface area contributed by atoms with Gasteiger partial charge in [0, 0.05) is 0 Å². The van der Waals surface area contributed by atoms with Crippen molar-refractivity contribution in [2.75, 3.05) is 0 Å². The van der Waals surface area contributed by atoms with Crippen molar-refractivity contribution in [3.63, 3.8) is 0 Å². The molecule has 0 heteroatoms. The average molecular weight is 541 g/mol. The topological polar surface area (TPSA) is 0 Å². The van der Waals surface area contributed by atoms with E-state index in [4.69, 9.17) is 0 Å². The van der Waals surface area contributed by atoms with Gasteiger partial charge in [0.25, 0.3) is 0 Å². The Balaban J connectivity index is 0.000000136. The first-order chi connectivity index (χ1) is 18.2. The van der Waals surface area contributed by atoms with E-state index in [1.54, 1.807) is 64.2 Å². The van der Waals surface area contributed by atoms with Crippen LogP contribution in [0.25, 0.3) is 0 Å². The second-order valence-corrected chi connectivity index (χ2v) is 18.4. The molecule has 0 N–H and O–H groups in total. The maximum Gasteiger partial charge on any atom is -0.0263 e.